The maximum absolute atomic E-state index is 14.0. The van der Waals surface area contributed by atoms with Crippen LogP contribution in [0.4, 0.5) is 4.39 Å². The van der Waals surface area contributed by atoms with E-state index in [-0.39, 0.29) is 30.4 Å². The van der Waals surface area contributed by atoms with Crippen LogP contribution in [0.15, 0.2) is 41.3 Å². The molecule has 1 saturated heterocycles. The summed E-state index contributed by atoms with van der Waals surface area (Å²) in [5, 5.41) is 15.1. The van der Waals surface area contributed by atoms with Gasteiger partial charge in [0, 0.05) is 31.1 Å². The summed E-state index contributed by atoms with van der Waals surface area (Å²) in [5.74, 6) is -0.185. The highest BCUT2D eigenvalue weighted by Crippen LogP contribution is 2.36. The van der Waals surface area contributed by atoms with Crippen molar-refractivity contribution in [1.29, 1.82) is 5.26 Å². The maximum Gasteiger partial charge on any atom is 0.233 e. The lowest BCUT2D eigenvalue weighted by Gasteiger charge is -2.48. The number of hydrogen-bond donors (Lipinski definition) is 2. The number of nitrogens with zero attached hydrogens (tertiary/aromatic N) is 2. The molecule has 0 aromatic heterocycles. The molecular formula is C25H30ClFN4O3S. The molecule has 0 saturated carbocycles. The maximum atomic E-state index is 14.0. The molecule has 1 fully saturated rings. The Morgan fingerprint density at radius 1 is 1.34 bits per heavy atom. The van der Waals surface area contributed by atoms with E-state index in [4.69, 9.17) is 21.6 Å². The number of benzene rings is 2. The molecule has 1 heterocycles. The molecule has 188 valence electrons. The Balaban J connectivity index is 1.71. The largest absolute Gasteiger partial charge is 0.493 e. The molecule has 1 aliphatic heterocycles. The van der Waals surface area contributed by atoms with Gasteiger partial charge in [-0.05, 0) is 49.2 Å². The second-order valence-electron chi connectivity index (χ2n) is 8.90. The summed E-state index contributed by atoms with van der Waals surface area (Å²) < 4.78 is 34.8. The van der Waals surface area contributed by atoms with Gasteiger partial charge in [0.15, 0.2) is 0 Å². The van der Waals surface area contributed by atoms with Crippen LogP contribution in [0, 0.1) is 22.6 Å². The van der Waals surface area contributed by atoms with Gasteiger partial charge in [-0.1, -0.05) is 31.5 Å². The Morgan fingerprint density at radius 2 is 2.09 bits per heavy atom. The summed E-state index contributed by atoms with van der Waals surface area (Å²) in [5.41, 5.74) is 0.520. The number of ether oxygens (including phenoxy) is 1. The molecule has 2 aromatic rings. The van der Waals surface area contributed by atoms with Gasteiger partial charge in [-0.3, -0.25) is 4.79 Å². The van der Waals surface area contributed by atoms with Crippen LogP contribution < -0.4 is 15.4 Å². The van der Waals surface area contributed by atoms with E-state index in [0.29, 0.717) is 35.5 Å². The van der Waals surface area contributed by atoms with E-state index in [0.717, 1.165) is 12.0 Å². The predicted molar refractivity (Wildman–Crippen MR) is 134 cm³/mol. The van der Waals surface area contributed by atoms with Crippen LogP contribution in [0.2, 0.25) is 5.02 Å². The minimum absolute atomic E-state index is 0.0622. The third-order valence-electron chi connectivity index (χ3n) is 6.19. The number of hydrogen-bond acceptors (Lipinski definition) is 5. The molecule has 0 bridgehead atoms. The minimum atomic E-state index is -1.47. The van der Waals surface area contributed by atoms with E-state index in [1.165, 1.54) is 18.2 Å². The number of carbonyl (C=O) groups excluding carboxylic acids is 1. The SMILES string of the molecule is CCC(C)c1ccc(S(=O)N2CC(CNC(=O)CNC)(COc3ccc(C#N)c(F)c3)C2)c(Cl)c1. The standard InChI is InChI=1S/C25H30ClFN4O3S/c1-4-17(2)18-6-8-23(21(26)9-18)35(33)31-14-25(15-31,13-30-24(32)12-29-3)16-34-20-7-5-19(11-28)22(27)10-20/h5-10,17,29H,4,12-16H2,1-3H3,(H,30,32). The van der Waals surface area contributed by atoms with Crippen molar-refractivity contribution in [2.24, 2.45) is 5.41 Å². The molecule has 7 nitrogen and oxygen atoms in total. The van der Waals surface area contributed by atoms with Gasteiger partial charge in [-0.2, -0.15) is 5.26 Å². The van der Waals surface area contributed by atoms with Crippen LogP contribution in [0.25, 0.3) is 0 Å². The van der Waals surface area contributed by atoms with Crippen molar-refractivity contribution in [1.82, 2.24) is 14.9 Å². The lowest BCUT2D eigenvalue weighted by molar-refractivity contribution is -0.121. The smallest absolute Gasteiger partial charge is 0.233 e. The lowest BCUT2D eigenvalue weighted by Crippen LogP contribution is -2.63. The summed E-state index contributed by atoms with van der Waals surface area (Å²) in [6.45, 7) is 5.66. The number of likely N-dealkylation sites (N-methyl/N-ethyl adjacent to an activating group) is 1. The zero-order valence-electron chi connectivity index (χ0n) is 20.1. The fraction of sp³-hybridized carbons (Fsp3) is 0.440. The van der Waals surface area contributed by atoms with Crippen molar-refractivity contribution in [2.45, 2.75) is 31.1 Å². The molecule has 3 rings (SSSR count). The molecular weight excluding hydrogens is 491 g/mol. The third kappa shape index (κ3) is 6.58. The fourth-order valence-electron chi connectivity index (χ4n) is 3.84. The highest BCUT2D eigenvalue weighted by atomic mass is 35.5. The third-order valence-corrected chi connectivity index (χ3v) is 8.07. The number of rotatable bonds is 11. The Labute approximate surface area is 213 Å². The van der Waals surface area contributed by atoms with E-state index in [9.17, 15) is 13.4 Å². The van der Waals surface area contributed by atoms with Crippen molar-refractivity contribution < 1.29 is 18.1 Å². The predicted octanol–water partition coefficient (Wildman–Crippen LogP) is 3.60. The van der Waals surface area contributed by atoms with Crippen molar-refractivity contribution in [2.75, 3.05) is 39.8 Å². The molecule has 2 N–H and O–H groups in total. The molecule has 2 atom stereocenters. The van der Waals surface area contributed by atoms with E-state index < -0.39 is 22.2 Å². The van der Waals surface area contributed by atoms with Gasteiger partial charge in [-0.25, -0.2) is 12.9 Å². The van der Waals surface area contributed by atoms with E-state index in [2.05, 4.69) is 24.5 Å². The van der Waals surface area contributed by atoms with Crippen LogP contribution in [0.1, 0.15) is 37.3 Å². The van der Waals surface area contributed by atoms with Gasteiger partial charge >= 0.3 is 0 Å². The Bertz CT molecular complexity index is 1130. The first-order chi connectivity index (χ1) is 16.7. The summed E-state index contributed by atoms with van der Waals surface area (Å²) >= 11 is 6.47. The number of nitriles is 1. The van der Waals surface area contributed by atoms with Crippen LogP contribution in [-0.4, -0.2) is 54.3 Å². The van der Waals surface area contributed by atoms with Gasteiger partial charge < -0.3 is 15.4 Å². The minimum Gasteiger partial charge on any atom is -0.493 e. The van der Waals surface area contributed by atoms with E-state index in [1.54, 1.807) is 17.4 Å². The summed E-state index contributed by atoms with van der Waals surface area (Å²) in [4.78, 5) is 12.6. The second kappa shape index (κ2) is 12.0. The summed E-state index contributed by atoms with van der Waals surface area (Å²) in [6.07, 6.45) is 0.982. The molecule has 0 aliphatic carbocycles. The highest BCUT2D eigenvalue weighted by molar-refractivity contribution is 7.82. The monoisotopic (exact) mass is 520 g/mol. The average molecular weight is 521 g/mol. The number of halogens is 2. The molecule has 2 unspecified atom stereocenters. The Morgan fingerprint density at radius 3 is 2.69 bits per heavy atom. The van der Waals surface area contributed by atoms with Gasteiger partial charge in [-0.15, -0.1) is 0 Å². The van der Waals surface area contributed by atoms with Crippen LogP contribution >= 0.6 is 11.6 Å². The van der Waals surface area contributed by atoms with Crippen molar-refractivity contribution >= 4 is 28.5 Å². The first kappa shape index (κ1) is 27.1. The molecule has 1 aliphatic rings. The van der Waals surface area contributed by atoms with Gasteiger partial charge in [0.1, 0.15) is 28.6 Å². The lowest BCUT2D eigenvalue weighted by atomic mass is 9.82. The number of nitrogens with one attached hydrogen (secondary N) is 2. The van der Waals surface area contributed by atoms with Crippen LogP contribution in [0.5, 0.6) is 5.75 Å². The second-order valence-corrected chi connectivity index (χ2v) is 10.8. The quantitative estimate of drug-likeness (QED) is 0.472. The summed E-state index contributed by atoms with van der Waals surface area (Å²) in [7, 11) is 0.211. The highest BCUT2D eigenvalue weighted by Gasteiger charge is 2.47. The zero-order valence-corrected chi connectivity index (χ0v) is 21.6. The zero-order chi connectivity index (χ0) is 25.6. The van der Waals surface area contributed by atoms with Crippen molar-refractivity contribution in [3.63, 3.8) is 0 Å². The van der Waals surface area contributed by atoms with Gasteiger partial charge in [0.05, 0.1) is 28.6 Å². The molecule has 10 heteroatoms. The molecule has 0 spiro atoms. The van der Waals surface area contributed by atoms with E-state index >= 15 is 0 Å². The van der Waals surface area contributed by atoms with Gasteiger partial charge in [0.2, 0.25) is 5.91 Å². The first-order valence-corrected chi connectivity index (χ1v) is 12.9. The topological polar surface area (TPSA) is 94.5 Å². The van der Waals surface area contributed by atoms with Crippen LogP contribution in [-0.2, 0) is 15.8 Å². The number of carbonyl (C=O) groups is 1. The van der Waals surface area contributed by atoms with Crippen molar-refractivity contribution in [3.8, 4) is 11.8 Å². The summed E-state index contributed by atoms with van der Waals surface area (Å²) in [6, 6.07) is 11.5. The normalized spacial score (nSPS) is 16.6. The molecule has 0 radical (unpaired) electrons. The first-order valence-electron chi connectivity index (χ1n) is 11.4. The fourth-order valence-corrected chi connectivity index (χ4v) is 5.69. The molecule has 1 amide bonds. The Kier molecular flexibility index (Phi) is 9.25. The molecule has 35 heavy (non-hydrogen) atoms. The number of amides is 1. The van der Waals surface area contributed by atoms with E-state index in [1.807, 2.05) is 18.2 Å². The molecule has 2 aromatic carbocycles. The van der Waals surface area contributed by atoms with Crippen LogP contribution in [0.3, 0.4) is 0 Å². The van der Waals surface area contributed by atoms with Gasteiger partial charge in [0.25, 0.3) is 0 Å². The Hall–Kier alpha value is -2.51. The average Bonchev–Trinajstić information content (AvgIpc) is 2.82. The van der Waals surface area contributed by atoms with Crippen molar-refractivity contribution in [3.05, 3.63) is 58.4 Å².